The third kappa shape index (κ3) is 4.94. The van der Waals surface area contributed by atoms with Gasteiger partial charge in [0.25, 0.3) is 0 Å². The largest absolute Gasteiger partial charge is 0.368 e. The number of nitriles is 1. The van der Waals surface area contributed by atoms with Gasteiger partial charge in [0.2, 0.25) is 11.9 Å². The molecule has 2 fully saturated rings. The average molecular weight is 527 g/mol. The number of fused-ring (bicyclic) bond motifs is 2. The van der Waals surface area contributed by atoms with E-state index in [0.29, 0.717) is 25.7 Å². The molecule has 1 aromatic heterocycles. The molecule has 2 saturated heterocycles. The lowest BCUT2D eigenvalue weighted by Gasteiger charge is -2.43. The zero-order valence-electron chi connectivity index (χ0n) is 22.6. The summed E-state index contributed by atoms with van der Waals surface area (Å²) in [6.45, 7) is 8.17. The number of amides is 1. The van der Waals surface area contributed by atoms with Gasteiger partial charge in [-0.15, -0.1) is 0 Å². The fourth-order valence-corrected chi connectivity index (χ4v) is 6.88. The molecular weight excluding hydrogens is 488 g/mol. The summed E-state index contributed by atoms with van der Waals surface area (Å²) in [5.41, 5.74) is 11.4. The third-order valence-corrected chi connectivity index (χ3v) is 8.88. The number of aromatic nitrogens is 2. The summed E-state index contributed by atoms with van der Waals surface area (Å²) >= 11 is 0. The molecule has 3 atom stereocenters. The van der Waals surface area contributed by atoms with E-state index in [-0.39, 0.29) is 24.4 Å². The summed E-state index contributed by atoms with van der Waals surface area (Å²) in [5, 5.41) is 9.49. The van der Waals surface area contributed by atoms with E-state index < -0.39 is 0 Å². The Morgan fingerprint density at radius 2 is 1.97 bits per heavy atom. The first-order valence-electron chi connectivity index (χ1n) is 14.4. The van der Waals surface area contributed by atoms with Gasteiger partial charge in [0, 0.05) is 69.0 Å². The lowest BCUT2D eigenvalue weighted by molar-refractivity contribution is -0.128. The van der Waals surface area contributed by atoms with E-state index in [1.807, 2.05) is 0 Å². The van der Waals surface area contributed by atoms with Crippen molar-refractivity contribution in [3.8, 4) is 6.07 Å². The van der Waals surface area contributed by atoms with Crippen LogP contribution in [0, 0.1) is 11.3 Å². The Bertz CT molecular complexity index is 1290. The number of anilines is 3. The van der Waals surface area contributed by atoms with Crippen LogP contribution in [0.4, 0.5) is 17.5 Å². The van der Waals surface area contributed by atoms with Crippen LogP contribution in [0.2, 0.25) is 0 Å². The van der Waals surface area contributed by atoms with E-state index in [4.69, 9.17) is 15.7 Å². The molecule has 2 aromatic rings. The van der Waals surface area contributed by atoms with E-state index in [0.717, 1.165) is 69.2 Å². The second-order valence-corrected chi connectivity index (χ2v) is 11.3. The highest BCUT2D eigenvalue weighted by molar-refractivity contribution is 5.87. The smallest absolute Gasteiger partial charge is 0.246 e. The summed E-state index contributed by atoms with van der Waals surface area (Å²) in [6, 6.07) is 11.5. The van der Waals surface area contributed by atoms with Crippen LogP contribution in [0.15, 0.2) is 36.9 Å². The first kappa shape index (κ1) is 25.6. The number of para-hydroxylation sites is 1. The van der Waals surface area contributed by atoms with E-state index in [2.05, 4.69) is 51.6 Å². The van der Waals surface area contributed by atoms with E-state index in [1.165, 1.54) is 29.3 Å². The standard InChI is InChI=1S/C30H38N8O/c1-2-28(39)38-17-16-35(20-24(38)11-13-31)29-25-10-9-23(37-14-5-7-21-6-3-4-8-27(21)37)18-26(25)33-30(34-29)36-15-12-22(32)19-36/h2-4,6,8,22-24H,1,5,7,9-12,14-20,32H2/t22?,23-,24-/m0/s1. The van der Waals surface area contributed by atoms with E-state index in [9.17, 15) is 10.1 Å². The van der Waals surface area contributed by atoms with Crippen LogP contribution < -0.4 is 20.4 Å². The number of hydrogen-bond donors (Lipinski definition) is 1. The zero-order chi connectivity index (χ0) is 26.9. The molecule has 6 rings (SSSR count). The van der Waals surface area contributed by atoms with Crippen molar-refractivity contribution in [2.45, 2.75) is 63.1 Å². The minimum absolute atomic E-state index is 0.115. The van der Waals surface area contributed by atoms with Crippen LogP contribution in [0.5, 0.6) is 0 Å². The van der Waals surface area contributed by atoms with Gasteiger partial charge < -0.3 is 25.3 Å². The van der Waals surface area contributed by atoms with Crippen LogP contribution in [0.1, 0.15) is 42.5 Å². The minimum atomic E-state index is -0.190. The Kier molecular flexibility index (Phi) is 7.13. The van der Waals surface area contributed by atoms with Gasteiger partial charge in [-0.3, -0.25) is 4.79 Å². The predicted molar refractivity (Wildman–Crippen MR) is 153 cm³/mol. The second-order valence-electron chi connectivity index (χ2n) is 11.3. The average Bonchev–Trinajstić information content (AvgIpc) is 3.42. The highest BCUT2D eigenvalue weighted by atomic mass is 16.2. The molecule has 4 heterocycles. The van der Waals surface area contributed by atoms with Crippen LogP contribution in [0.3, 0.4) is 0 Å². The van der Waals surface area contributed by atoms with Crippen molar-refractivity contribution >= 4 is 23.4 Å². The molecule has 1 aliphatic carbocycles. The van der Waals surface area contributed by atoms with Gasteiger partial charge in [-0.2, -0.15) is 10.2 Å². The summed E-state index contributed by atoms with van der Waals surface area (Å²) in [4.78, 5) is 31.7. The number of piperazine rings is 1. The molecule has 2 N–H and O–H groups in total. The van der Waals surface area contributed by atoms with Crippen molar-refractivity contribution in [2.24, 2.45) is 5.73 Å². The van der Waals surface area contributed by atoms with Crippen molar-refractivity contribution in [3.05, 3.63) is 53.7 Å². The number of rotatable bonds is 5. The Balaban J connectivity index is 1.33. The second kappa shape index (κ2) is 10.9. The molecule has 3 aliphatic heterocycles. The molecule has 1 unspecified atom stereocenters. The maximum Gasteiger partial charge on any atom is 0.246 e. The maximum atomic E-state index is 12.5. The Morgan fingerprint density at radius 1 is 1.10 bits per heavy atom. The molecule has 0 bridgehead atoms. The Labute approximate surface area is 230 Å². The number of hydrogen-bond acceptors (Lipinski definition) is 8. The number of benzene rings is 1. The van der Waals surface area contributed by atoms with Gasteiger partial charge in [-0.25, -0.2) is 4.98 Å². The monoisotopic (exact) mass is 526 g/mol. The molecular formula is C30H38N8O. The maximum absolute atomic E-state index is 12.5. The first-order valence-corrected chi connectivity index (χ1v) is 14.4. The highest BCUT2D eigenvalue weighted by Crippen LogP contribution is 2.37. The summed E-state index contributed by atoms with van der Waals surface area (Å²) in [6.07, 6.45) is 7.77. The van der Waals surface area contributed by atoms with Crippen LogP contribution in [-0.2, 0) is 24.1 Å². The summed E-state index contributed by atoms with van der Waals surface area (Å²) < 4.78 is 0. The van der Waals surface area contributed by atoms with Gasteiger partial charge in [0.15, 0.2) is 0 Å². The van der Waals surface area contributed by atoms with Crippen LogP contribution in [-0.4, -0.2) is 78.2 Å². The molecule has 39 heavy (non-hydrogen) atoms. The normalized spacial score (nSPS) is 24.7. The van der Waals surface area contributed by atoms with Crippen molar-refractivity contribution in [3.63, 3.8) is 0 Å². The lowest BCUT2D eigenvalue weighted by Crippen LogP contribution is -2.55. The van der Waals surface area contributed by atoms with Crippen molar-refractivity contribution in [1.82, 2.24) is 14.9 Å². The third-order valence-electron chi connectivity index (χ3n) is 8.88. The topological polar surface area (TPSA) is 106 Å². The van der Waals surface area contributed by atoms with Gasteiger partial charge in [0.1, 0.15) is 5.82 Å². The fraction of sp³-hybridized carbons (Fsp3) is 0.533. The molecule has 0 radical (unpaired) electrons. The SMILES string of the molecule is C=CC(=O)N1CCN(c2nc(N3CCC(N)C3)nc3c2CC[C@H](N2CCCc4ccccc42)C3)C[C@@H]1CC#N. The van der Waals surface area contributed by atoms with Crippen molar-refractivity contribution in [2.75, 3.05) is 54.0 Å². The molecule has 4 aliphatic rings. The van der Waals surface area contributed by atoms with Gasteiger partial charge >= 0.3 is 0 Å². The number of nitrogens with zero attached hydrogens (tertiary/aromatic N) is 7. The van der Waals surface area contributed by atoms with Gasteiger partial charge in [-0.05, 0) is 49.8 Å². The van der Waals surface area contributed by atoms with Crippen molar-refractivity contribution < 1.29 is 4.79 Å². The first-order chi connectivity index (χ1) is 19.1. The number of nitrogens with two attached hydrogens (primary N) is 1. The number of carbonyl (C=O) groups is 1. The Hall–Kier alpha value is -3.64. The van der Waals surface area contributed by atoms with E-state index >= 15 is 0 Å². The zero-order valence-corrected chi connectivity index (χ0v) is 22.6. The molecule has 9 heteroatoms. The molecule has 1 amide bonds. The lowest BCUT2D eigenvalue weighted by atomic mass is 9.88. The molecule has 1 aromatic carbocycles. The van der Waals surface area contributed by atoms with Crippen LogP contribution >= 0.6 is 0 Å². The summed E-state index contributed by atoms with van der Waals surface area (Å²) in [5.74, 6) is 1.62. The van der Waals surface area contributed by atoms with Crippen molar-refractivity contribution in [1.29, 1.82) is 5.26 Å². The highest BCUT2D eigenvalue weighted by Gasteiger charge is 2.36. The number of carbonyl (C=O) groups excluding carboxylic acids is 1. The Morgan fingerprint density at radius 3 is 2.77 bits per heavy atom. The number of aryl methyl sites for hydroxylation is 1. The van der Waals surface area contributed by atoms with Gasteiger partial charge in [-0.1, -0.05) is 24.8 Å². The van der Waals surface area contributed by atoms with Crippen LogP contribution in [0.25, 0.3) is 0 Å². The predicted octanol–water partition coefficient (Wildman–Crippen LogP) is 2.44. The van der Waals surface area contributed by atoms with Gasteiger partial charge in [0.05, 0.1) is 24.2 Å². The fourth-order valence-electron chi connectivity index (χ4n) is 6.88. The molecule has 0 saturated carbocycles. The molecule has 204 valence electrons. The summed E-state index contributed by atoms with van der Waals surface area (Å²) in [7, 11) is 0. The molecule has 9 nitrogen and oxygen atoms in total. The minimum Gasteiger partial charge on any atom is -0.368 e. The molecule has 0 spiro atoms. The quantitative estimate of drug-likeness (QED) is 0.593. The van der Waals surface area contributed by atoms with E-state index in [1.54, 1.807) is 4.90 Å².